The first kappa shape index (κ1) is 23.7. The molecule has 0 radical (unpaired) electrons. The Morgan fingerprint density at radius 3 is 2.50 bits per heavy atom. The van der Waals surface area contributed by atoms with Crippen LogP contribution in [0.5, 0.6) is 0 Å². The van der Waals surface area contributed by atoms with Gasteiger partial charge < -0.3 is 14.5 Å². The lowest BCUT2D eigenvalue weighted by atomic mass is 9.73. The van der Waals surface area contributed by atoms with Crippen molar-refractivity contribution in [2.75, 3.05) is 39.8 Å². The van der Waals surface area contributed by atoms with Crippen LogP contribution < -0.4 is 10.9 Å². The molecule has 0 bridgehead atoms. The predicted octanol–water partition coefficient (Wildman–Crippen LogP) is 1.27. The van der Waals surface area contributed by atoms with Gasteiger partial charge in [0.25, 0.3) is 0 Å². The predicted molar refractivity (Wildman–Crippen MR) is 122 cm³/mol. The molecule has 0 spiro atoms. The van der Waals surface area contributed by atoms with Crippen molar-refractivity contribution in [2.24, 2.45) is 11.8 Å². The van der Waals surface area contributed by atoms with Crippen molar-refractivity contribution in [3.8, 4) is 0 Å². The van der Waals surface area contributed by atoms with E-state index in [1.165, 1.54) is 6.42 Å². The highest BCUT2D eigenvalue weighted by atomic mass is 16.6. The van der Waals surface area contributed by atoms with Crippen LogP contribution in [0, 0.1) is 11.8 Å². The third-order valence-electron chi connectivity index (χ3n) is 7.97. The normalized spacial score (nSPS) is 36.6. The number of amides is 2. The van der Waals surface area contributed by atoms with E-state index in [-0.39, 0.29) is 36.2 Å². The smallest absolute Gasteiger partial charge is 0.410 e. The SMILES string of the molecule is CC(=O)N1C2CCC(C3CNN(CC4CCNN4C)C3)CC2N(C(=O)OC(C)C)C[C@@H]1C. The summed E-state index contributed by atoms with van der Waals surface area (Å²) < 4.78 is 5.60. The van der Waals surface area contributed by atoms with Crippen molar-refractivity contribution in [2.45, 2.75) is 83.6 Å². The highest BCUT2D eigenvalue weighted by Crippen LogP contribution is 2.40. The molecule has 32 heavy (non-hydrogen) atoms. The molecule has 9 heteroatoms. The molecular formula is C23H42N6O3. The Morgan fingerprint density at radius 2 is 1.84 bits per heavy atom. The molecule has 9 nitrogen and oxygen atoms in total. The number of hydrogen-bond donors (Lipinski definition) is 2. The second kappa shape index (κ2) is 9.83. The van der Waals surface area contributed by atoms with Crippen LogP contribution in [0.2, 0.25) is 0 Å². The molecule has 1 saturated carbocycles. The minimum atomic E-state index is -0.228. The molecule has 4 aliphatic rings. The number of carbonyl (C=O) groups excluding carboxylic acids is 2. The van der Waals surface area contributed by atoms with Gasteiger partial charge in [-0.3, -0.25) is 15.6 Å². The first-order valence-electron chi connectivity index (χ1n) is 12.5. The van der Waals surface area contributed by atoms with E-state index >= 15 is 0 Å². The summed E-state index contributed by atoms with van der Waals surface area (Å²) in [5.41, 5.74) is 7.02. The van der Waals surface area contributed by atoms with Gasteiger partial charge in [0.15, 0.2) is 0 Å². The summed E-state index contributed by atoms with van der Waals surface area (Å²) in [6.45, 7) is 12.2. The van der Waals surface area contributed by atoms with Gasteiger partial charge in [-0.05, 0) is 58.3 Å². The standard InChI is InChI=1S/C23H42N6O3/c1-15(2)32-23(31)28-12-16(3)29(17(4)30)21-7-6-18(10-22(21)28)19-11-25-27(13-19)14-20-8-9-24-26(20)5/h15-16,18-22,24-25H,6-14H2,1-5H3/t16-,18?,19?,20?,21?,22?/m0/s1. The maximum absolute atomic E-state index is 13.0. The summed E-state index contributed by atoms with van der Waals surface area (Å²) >= 11 is 0. The van der Waals surface area contributed by atoms with Crippen LogP contribution in [-0.4, -0.2) is 102 Å². The molecule has 0 aromatic carbocycles. The number of nitrogens with one attached hydrogen (secondary N) is 2. The molecule has 4 rings (SSSR count). The van der Waals surface area contributed by atoms with E-state index in [0.717, 1.165) is 45.4 Å². The molecule has 2 N–H and O–H groups in total. The number of piperazine rings is 1. The van der Waals surface area contributed by atoms with E-state index < -0.39 is 0 Å². The van der Waals surface area contributed by atoms with Gasteiger partial charge in [0.05, 0.1) is 18.2 Å². The quantitative estimate of drug-likeness (QED) is 0.668. The zero-order valence-electron chi connectivity index (χ0n) is 20.4. The van der Waals surface area contributed by atoms with Crippen LogP contribution in [-0.2, 0) is 9.53 Å². The average Bonchev–Trinajstić information content (AvgIpc) is 3.35. The Bertz CT molecular complexity index is 691. The van der Waals surface area contributed by atoms with Crippen LogP contribution in [0.4, 0.5) is 4.79 Å². The van der Waals surface area contributed by atoms with Gasteiger partial charge in [-0.2, -0.15) is 0 Å². The molecular weight excluding hydrogens is 408 g/mol. The lowest BCUT2D eigenvalue weighted by Gasteiger charge is -2.54. The maximum atomic E-state index is 13.0. The largest absolute Gasteiger partial charge is 0.447 e. The van der Waals surface area contributed by atoms with Crippen LogP contribution in [0.1, 0.15) is 53.4 Å². The van der Waals surface area contributed by atoms with Crippen LogP contribution >= 0.6 is 0 Å². The van der Waals surface area contributed by atoms with Crippen molar-refractivity contribution in [3.63, 3.8) is 0 Å². The zero-order chi connectivity index (χ0) is 23.0. The molecule has 0 aromatic rings. The Morgan fingerprint density at radius 1 is 1.06 bits per heavy atom. The van der Waals surface area contributed by atoms with Crippen LogP contribution in [0.25, 0.3) is 0 Å². The Labute approximate surface area is 192 Å². The van der Waals surface area contributed by atoms with E-state index in [1.54, 1.807) is 6.92 Å². The zero-order valence-corrected chi connectivity index (χ0v) is 20.4. The number of ether oxygens (including phenoxy) is 1. The van der Waals surface area contributed by atoms with Gasteiger partial charge in [0, 0.05) is 58.8 Å². The lowest BCUT2D eigenvalue weighted by Crippen LogP contribution is -2.67. The number of hydrogen-bond acceptors (Lipinski definition) is 7. The monoisotopic (exact) mass is 450 g/mol. The van der Waals surface area contributed by atoms with Crippen molar-refractivity contribution < 1.29 is 14.3 Å². The first-order chi connectivity index (χ1) is 15.2. The van der Waals surface area contributed by atoms with Gasteiger partial charge in [0.2, 0.25) is 5.91 Å². The fourth-order valence-corrected chi connectivity index (χ4v) is 6.42. The van der Waals surface area contributed by atoms with Crippen molar-refractivity contribution in [1.29, 1.82) is 0 Å². The molecule has 3 saturated heterocycles. The molecule has 3 aliphatic heterocycles. The van der Waals surface area contributed by atoms with E-state index in [9.17, 15) is 9.59 Å². The highest BCUT2D eigenvalue weighted by molar-refractivity contribution is 5.75. The molecule has 0 aromatic heterocycles. The van der Waals surface area contributed by atoms with E-state index in [2.05, 4.69) is 27.9 Å². The fourth-order valence-electron chi connectivity index (χ4n) is 6.42. The highest BCUT2D eigenvalue weighted by Gasteiger charge is 2.48. The summed E-state index contributed by atoms with van der Waals surface area (Å²) in [7, 11) is 2.13. The van der Waals surface area contributed by atoms with E-state index in [4.69, 9.17) is 4.74 Å². The van der Waals surface area contributed by atoms with Gasteiger partial charge in [-0.1, -0.05) is 0 Å². The lowest BCUT2D eigenvalue weighted by molar-refractivity contribution is -0.142. The third kappa shape index (κ3) is 4.90. The summed E-state index contributed by atoms with van der Waals surface area (Å²) in [6, 6.07) is 0.697. The van der Waals surface area contributed by atoms with Crippen molar-refractivity contribution in [1.82, 2.24) is 30.7 Å². The molecule has 182 valence electrons. The van der Waals surface area contributed by atoms with Gasteiger partial charge in [-0.15, -0.1) is 0 Å². The Balaban J connectivity index is 1.42. The summed E-state index contributed by atoms with van der Waals surface area (Å²) in [5.74, 6) is 1.24. The summed E-state index contributed by atoms with van der Waals surface area (Å²) in [5, 5.41) is 4.62. The van der Waals surface area contributed by atoms with E-state index in [1.807, 2.05) is 30.6 Å². The van der Waals surface area contributed by atoms with Crippen LogP contribution in [0.15, 0.2) is 0 Å². The van der Waals surface area contributed by atoms with Gasteiger partial charge in [-0.25, -0.2) is 14.8 Å². The number of carbonyl (C=O) groups is 2. The topological polar surface area (TPSA) is 80.4 Å². The third-order valence-corrected chi connectivity index (χ3v) is 7.97. The van der Waals surface area contributed by atoms with Crippen molar-refractivity contribution in [3.05, 3.63) is 0 Å². The van der Waals surface area contributed by atoms with Crippen molar-refractivity contribution >= 4 is 12.0 Å². The van der Waals surface area contributed by atoms with E-state index in [0.29, 0.717) is 24.4 Å². The Kier molecular flexibility index (Phi) is 7.29. The van der Waals surface area contributed by atoms with Crippen LogP contribution in [0.3, 0.4) is 0 Å². The molecule has 2 amide bonds. The number of hydrazine groups is 2. The Hall–Kier alpha value is -1.42. The minimum Gasteiger partial charge on any atom is -0.447 e. The van der Waals surface area contributed by atoms with Gasteiger partial charge in [0.1, 0.15) is 0 Å². The fraction of sp³-hybridized carbons (Fsp3) is 0.913. The minimum absolute atomic E-state index is 0.0191. The molecule has 5 unspecified atom stereocenters. The summed E-state index contributed by atoms with van der Waals surface area (Å²) in [6.07, 6.45) is 3.82. The average molecular weight is 451 g/mol. The number of rotatable bonds is 4. The molecule has 3 heterocycles. The first-order valence-corrected chi connectivity index (χ1v) is 12.5. The molecule has 4 fully saturated rings. The second-order valence-corrected chi connectivity index (χ2v) is 10.6. The number of nitrogens with zero attached hydrogens (tertiary/aromatic N) is 4. The summed E-state index contributed by atoms with van der Waals surface area (Å²) in [4.78, 5) is 29.4. The van der Waals surface area contributed by atoms with Gasteiger partial charge >= 0.3 is 6.09 Å². The maximum Gasteiger partial charge on any atom is 0.410 e. The second-order valence-electron chi connectivity index (χ2n) is 10.6. The number of fused-ring (bicyclic) bond motifs is 1. The number of likely N-dealkylation sites (N-methyl/N-ethyl adjacent to an activating group) is 1. The molecule has 6 atom stereocenters. The molecule has 1 aliphatic carbocycles.